The van der Waals surface area contributed by atoms with E-state index < -0.39 is 0 Å². The van der Waals surface area contributed by atoms with Crippen molar-refractivity contribution in [3.8, 4) is 0 Å². The Kier molecular flexibility index (Phi) is 0.117. The first-order chi connectivity index (χ1) is 1.89. The smallest absolute Gasteiger partial charge is 0.132 e. The van der Waals surface area contributed by atoms with Gasteiger partial charge in [0.05, 0.1) is 0 Å². The summed E-state index contributed by atoms with van der Waals surface area (Å²) in [4.78, 5) is 0. The van der Waals surface area contributed by atoms with Crippen molar-refractivity contribution in [1.82, 2.24) is 5.01 Å². The topological polar surface area (TPSA) is 15.4 Å². The van der Waals surface area contributed by atoms with Crippen LogP contribution in [0.3, 0.4) is 0 Å². The number of hydrogen-bond donors (Lipinski definition) is 0. The van der Waals surface area contributed by atoms with Crippen LogP contribution in [0.1, 0.15) is 0 Å². The highest BCUT2D eigenvalue weighted by Crippen LogP contribution is 1.86. The fraction of sp³-hybridized carbons (Fsp3) is 0.500. The largest absolute Gasteiger partial charge is 0.254 e. The molecule has 0 aromatic carbocycles. The molecule has 0 saturated carbocycles. The average molecular weight is 56.1 g/mol. The lowest BCUT2D eigenvalue weighted by molar-refractivity contribution is 0.691. The highest BCUT2D eigenvalue weighted by atomic mass is 15.6. The van der Waals surface area contributed by atoms with Gasteiger partial charge in [-0.25, -0.2) is 0 Å². The Morgan fingerprint density at radius 1 is 2.00 bits per heavy atom. The van der Waals surface area contributed by atoms with E-state index in [1.165, 1.54) is 0 Å². The van der Waals surface area contributed by atoms with Gasteiger partial charge >= 0.3 is 0 Å². The fourth-order valence-corrected chi connectivity index (χ4v) is 0.0516. The molecule has 1 rings (SSSR count). The third kappa shape index (κ3) is 0.0532. The van der Waals surface area contributed by atoms with E-state index >= 15 is 0 Å². The van der Waals surface area contributed by atoms with Gasteiger partial charge in [-0.15, -0.1) is 0 Å². The maximum atomic E-state index is 3.61. The van der Waals surface area contributed by atoms with Gasteiger partial charge in [0.15, 0.2) is 0 Å². The minimum atomic E-state index is 1.75. The molecule has 0 N–H and O–H groups in total. The number of rotatable bonds is 0. The normalized spacial score (nSPS) is 17.8. The summed E-state index contributed by atoms with van der Waals surface area (Å²) < 4.78 is 0. The zero-order valence-electron chi connectivity index (χ0n) is 2.47. The van der Waals surface area contributed by atoms with Crippen molar-refractivity contribution in [1.29, 1.82) is 0 Å². The van der Waals surface area contributed by atoms with Crippen molar-refractivity contribution in [3.63, 3.8) is 0 Å². The van der Waals surface area contributed by atoms with E-state index in [1.807, 2.05) is 7.05 Å². The predicted octanol–water partition coefficient (Wildman–Crippen LogP) is -0.125. The molecule has 0 aromatic heterocycles. The van der Waals surface area contributed by atoms with E-state index in [1.54, 1.807) is 11.3 Å². The quantitative estimate of drug-likeness (QED) is 0.377. The van der Waals surface area contributed by atoms with Crippen LogP contribution in [0.25, 0.3) is 0 Å². The predicted molar refractivity (Wildman–Crippen MR) is 16.3 cm³/mol. The van der Waals surface area contributed by atoms with E-state index in [4.69, 9.17) is 0 Å². The molecule has 0 aromatic rings. The molecular weight excluding hydrogens is 52.0 g/mol. The van der Waals surface area contributed by atoms with Crippen LogP contribution in [-0.4, -0.2) is 18.4 Å². The average Bonchev–Trinajstić information content (AvgIpc) is 1.75. The van der Waals surface area contributed by atoms with Crippen LogP contribution in [0.4, 0.5) is 0 Å². The summed E-state index contributed by atoms with van der Waals surface area (Å²) in [5.41, 5.74) is 0. The van der Waals surface area contributed by atoms with Crippen molar-refractivity contribution < 1.29 is 0 Å². The van der Waals surface area contributed by atoms with Crippen molar-refractivity contribution in [3.05, 3.63) is 0 Å². The molecule has 0 saturated heterocycles. The molecule has 4 heavy (non-hydrogen) atoms. The van der Waals surface area contributed by atoms with Gasteiger partial charge in [-0.3, -0.25) is 5.01 Å². The second-order valence-electron chi connectivity index (χ2n) is 0.805. The van der Waals surface area contributed by atoms with E-state index in [0.717, 1.165) is 0 Å². The van der Waals surface area contributed by atoms with Crippen LogP contribution < -0.4 is 0 Å². The van der Waals surface area contributed by atoms with Gasteiger partial charge in [0.2, 0.25) is 0 Å². The summed E-state index contributed by atoms with van der Waals surface area (Å²) in [6.07, 6.45) is 1.75. The summed E-state index contributed by atoms with van der Waals surface area (Å²) in [6.45, 7) is 0. The Morgan fingerprint density at radius 3 is 2.25 bits per heavy atom. The van der Waals surface area contributed by atoms with Gasteiger partial charge < -0.3 is 0 Å². The minimum absolute atomic E-state index is 1.75. The van der Waals surface area contributed by atoms with Crippen LogP contribution in [0.2, 0.25) is 0 Å². The highest BCUT2D eigenvalue weighted by Gasteiger charge is 1.92. The maximum Gasteiger partial charge on any atom is 0.132 e. The van der Waals surface area contributed by atoms with Crippen molar-refractivity contribution in [2.45, 2.75) is 0 Å². The van der Waals surface area contributed by atoms with Crippen molar-refractivity contribution in [2.24, 2.45) is 5.10 Å². The van der Waals surface area contributed by atoms with Crippen LogP contribution in [-0.2, 0) is 0 Å². The third-order valence-corrected chi connectivity index (χ3v) is 0.346. The highest BCUT2D eigenvalue weighted by molar-refractivity contribution is 5.64. The molecule has 0 bridgehead atoms. The standard InChI is InChI=1S/C2H4N2/c1-4-2-3-4/h2H,1H3. The lowest BCUT2D eigenvalue weighted by Gasteiger charge is -1.68. The van der Waals surface area contributed by atoms with Crippen LogP contribution in [0.15, 0.2) is 5.10 Å². The summed E-state index contributed by atoms with van der Waals surface area (Å²) in [5, 5.41) is 5.36. The van der Waals surface area contributed by atoms with Gasteiger partial charge in [0.1, 0.15) is 6.34 Å². The molecule has 0 aliphatic carbocycles. The van der Waals surface area contributed by atoms with Crippen molar-refractivity contribution in [2.75, 3.05) is 7.05 Å². The Labute approximate surface area is 24.7 Å². The first-order valence-electron chi connectivity index (χ1n) is 1.16. The molecule has 1 aliphatic rings. The Balaban J connectivity index is 2.32. The Bertz CT molecular complexity index is 42.0. The number of hydrazone groups is 1. The molecule has 0 spiro atoms. The molecule has 0 unspecified atom stereocenters. The molecule has 2 nitrogen and oxygen atoms in total. The number of nitrogens with zero attached hydrogens (tertiary/aromatic N) is 2. The summed E-state index contributed by atoms with van der Waals surface area (Å²) in [7, 11) is 1.89. The summed E-state index contributed by atoms with van der Waals surface area (Å²) in [5.74, 6) is 0. The first kappa shape index (κ1) is 1.76. The van der Waals surface area contributed by atoms with Gasteiger partial charge in [-0.05, 0) is 0 Å². The van der Waals surface area contributed by atoms with Crippen LogP contribution in [0, 0.1) is 0 Å². The van der Waals surface area contributed by atoms with Crippen LogP contribution in [0.5, 0.6) is 0 Å². The van der Waals surface area contributed by atoms with Gasteiger partial charge in [0.25, 0.3) is 0 Å². The number of hydrogen-bond acceptors (Lipinski definition) is 2. The van der Waals surface area contributed by atoms with E-state index in [-0.39, 0.29) is 0 Å². The molecule has 0 atom stereocenters. The van der Waals surface area contributed by atoms with Crippen LogP contribution >= 0.6 is 0 Å². The Hall–Kier alpha value is -0.530. The lowest BCUT2D eigenvalue weighted by Crippen LogP contribution is -1.79. The van der Waals surface area contributed by atoms with Gasteiger partial charge in [-0.1, -0.05) is 0 Å². The van der Waals surface area contributed by atoms with Gasteiger partial charge in [0, 0.05) is 7.05 Å². The third-order valence-electron chi connectivity index (χ3n) is 0.346. The zero-order valence-corrected chi connectivity index (χ0v) is 2.47. The zero-order chi connectivity index (χ0) is 2.99. The van der Waals surface area contributed by atoms with Gasteiger partial charge in [-0.2, -0.15) is 5.10 Å². The molecule has 0 fully saturated rings. The molecule has 0 amide bonds. The SMILES string of the molecule is CN1C=N1. The molecular formula is C2H4N2. The molecule has 1 aliphatic heterocycles. The molecule has 2 heteroatoms. The summed E-state index contributed by atoms with van der Waals surface area (Å²) >= 11 is 0. The Morgan fingerprint density at radius 2 is 2.25 bits per heavy atom. The molecule has 0 radical (unpaired) electrons. The monoisotopic (exact) mass is 56.0 g/mol. The lowest BCUT2D eigenvalue weighted by atomic mass is 11.3. The second-order valence-corrected chi connectivity index (χ2v) is 0.805. The molecule has 1 heterocycles. The van der Waals surface area contributed by atoms with E-state index in [9.17, 15) is 0 Å². The molecule has 22 valence electrons. The van der Waals surface area contributed by atoms with E-state index in [2.05, 4.69) is 5.10 Å². The maximum absolute atomic E-state index is 3.61. The summed E-state index contributed by atoms with van der Waals surface area (Å²) in [6, 6.07) is 0. The first-order valence-corrected chi connectivity index (χ1v) is 1.16. The fourth-order valence-electron chi connectivity index (χ4n) is 0.0516. The van der Waals surface area contributed by atoms with Crippen molar-refractivity contribution >= 4 is 6.34 Å². The van der Waals surface area contributed by atoms with E-state index in [0.29, 0.717) is 0 Å². The minimum Gasteiger partial charge on any atom is -0.254 e. The second kappa shape index (κ2) is 0.267.